The summed E-state index contributed by atoms with van der Waals surface area (Å²) in [5, 5.41) is 31.3. The van der Waals surface area contributed by atoms with Crippen LogP contribution in [-0.2, 0) is 5.60 Å². The Morgan fingerprint density at radius 1 is 0.962 bits per heavy atom. The van der Waals surface area contributed by atoms with Gasteiger partial charge in [0.05, 0.1) is 11.7 Å². The van der Waals surface area contributed by atoms with E-state index in [0.29, 0.717) is 11.8 Å². The zero-order valence-electron chi connectivity index (χ0n) is 15.1. The van der Waals surface area contributed by atoms with Crippen molar-refractivity contribution in [2.24, 2.45) is 11.8 Å². The van der Waals surface area contributed by atoms with Gasteiger partial charge in [0.2, 0.25) is 0 Å². The number of aromatic hydroxyl groups is 1. The van der Waals surface area contributed by atoms with Gasteiger partial charge in [-0.25, -0.2) is 0 Å². The average molecular weight is 353 g/mol. The summed E-state index contributed by atoms with van der Waals surface area (Å²) in [6.07, 6.45) is 1.00. The van der Waals surface area contributed by atoms with Gasteiger partial charge < -0.3 is 15.3 Å². The SMILES string of the molecule is CC(C(O)c1ccc(O)cc1)N1C[C@@H]2CC(O)(c3ccccc3)C[C@@H]2C1. The number of rotatable bonds is 4. The van der Waals surface area contributed by atoms with Gasteiger partial charge in [-0.15, -0.1) is 0 Å². The maximum absolute atomic E-state index is 11.1. The highest BCUT2D eigenvalue weighted by atomic mass is 16.3. The Morgan fingerprint density at radius 3 is 2.12 bits per heavy atom. The van der Waals surface area contributed by atoms with E-state index >= 15 is 0 Å². The number of aliphatic hydroxyl groups is 2. The fourth-order valence-electron chi connectivity index (χ4n) is 4.85. The number of nitrogens with zero attached hydrogens (tertiary/aromatic N) is 1. The lowest BCUT2D eigenvalue weighted by atomic mass is 9.90. The summed E-state index contributed by atoms with van der Waals surface area (Å²) in [6, 6.07) is 16.8. The van der Waals surface area contributed by atoms with Crippen LogP contribution in [0.4, 0.5) is 0 Å². The maximum atomic E-state index is 11.1. The minimum absolute atomic E-state index is 0.00922. The van der Waals surface area contributed by atoms with Crippen molar-refractivity contribution in [1.82, 2.24) is 4.90 Å². The molecule has 26 heavy (non-hydrogen) atoms. The van der Waals surface area contributed by atoms with Gasteiger partial charge in [-0.2, -0.15) is 0 Å². The summed E-state index contributed by atoms with van der Waals surface area (Å²) >= 11 is 0. The molecule has 4 nitrogen and oxygen atoms in total. The molecule has 0 radical (unpaired) electrons. The van der Waals surface area contributed by atoms with Gasteiger partial charge in [-0.1, -0.05) is 42.5 Å². The van der Waals surface area contributed by atoms with E-state index in [4.69, 9.17) is 0 Å². The summed E-state index contributed by atoms with van der Waals surface area (Å²) in [7, 11) is 0. The Kier molecular flexibility index (Phi) is 4.51. The van der Waals surface area contributed by atoms with E-state index in [9.17, 15) is 15.3 Å². The molecule has 4 heteroatoms. The molecule has 5 atom stereocenters. The molecule has 0 aromatic heterocycles. The predicted octanol–water partition coefficient (Wildman–Crippen LogP) is 3.04. The first-order valence-corrected chi connectivity index (χ1v) is 9.45. The van der Waals surface area contributed by atoms with Crippen molar-refractivity contribution in [3.63, 3.8) is 0 Å². The van der Waals surface area contributed by atoms with Gasteiger partial charge in [-0.05, 0) is 54.9 Å². The molecule has 2 aromatic carbocycles. The molecular weight excluding hydrogens is 326 g/mol. The molecule has 1 saturated heterocycles. The lowest BCUT2D eigenvalue weighted by molar-refractivity contribution is 0.0211. The van der Waals surface area contributed by atoms with E-state index in [1.54, 1.807) is 24.3 Å². The zero-order valence-corrected chi connectivity index (χ0v) is 15.1. The third kappa shape index (κ3) is 3.13. The number of phenolic OH excluding ortho intramolecular Hbond substituents is 1. The van der Waals surface area contributed by atoms with Gasteiger partial charge in [0.25, 0.3) is 0 Å². The number of phenols is 1. The predicted molar refractivity (Wildman–Crippen MR) is 101 cm³/mol. The first kappa shape index (κ1) is 17.5. The average Bonchev–Trinajstić information content (AvgIpc) is 3.18. The summed E-state index contributed by atoms with van der Waals surface area (Å²) in [6.45, 7) is 3.88. The second-order valence-electron chi connectivity index (χ2n) is 8.06. The number of benzene rings is 2. The van der Waals surface area contributed by atoms with E-state index in [-0.39, 0.29) is 11.8 Å². The second kappa shape index (κ2) is 6.69. The quantitative estimate of drug-likeness (QED) is 0.791. The van der Waals surface area contributed by atoms with E-state index in [0.717, 1.165) is 37.1 Å². The van der Waals surface area contributed by atoms with Crippen LogP contribution < -0.4 is 0 Å². The highest BCUT2D eigenvalue weighted by Crippen LogP contribution is 2.49. The first-order valence-electron chi connectivity index (χ1n) is 9.45. The molecule has 0 spiro atoms. The van der Waals surface area contributed by atoms with Crippen molar-refractivity contribution < 1.29 is 15.3 Å². The third-order valence-electron chi connectivity index (χ3n) is 6.38. The molecule has 3 unspecified atom stereocenters. The second-order valence-corrected chi connectivity index (χ2v) is 8.06. The summed E-state index contributed by atoms with van der Waals surface area (Å²) in [5.74, 6) is 1.15. The zero-order chi connectivity index (χ0) is 18.3. The van der Waals surface area contributed by atoms with Crippen molar-refractivity contribution in [2.45, 2.75) is 37.5 Å². The molecule has 0 bridgehead atoms. The van der Waals surface area contributed by atoms with Crippen LogP contribution in [0.3, 0.4) is 0 Å². The van der Waals surface area contributed by atoms with Gasteiger partial charge in [-0.3, -0.25) is 4.90 Å². The number of likely N-dealkylation sites (tertiary alicyclic amines) is 1. The van der Waals surface area contributed by atoms with Gasteiger partial charge in [0.15, 0.2) is 0 Å². The van der Waals surface area contributed by atoms with Gasteiger partial charge in [0.1, 0.15) is 5.75 Å². The fraction of sp³-hybridized carbons (Fsp3) is 0.455. The van der Waals surface area contributed by atoms with Crippen LogP contribution in [0.25, 0.3) is 0 Å². The topological polar surface area (TPSA) is 63.9 Å². The molecular formula is C22H27NO3. The summed E-state index contributed by atoms with van der Waals surface area (Å²) in [4.78, 5) is 2.34. The molecule has 2 fully saturated rings. The third-order valence-corrected chi connectivity index (χ3v) is 6.38. The van der Waals surface area contributed by atoms with Crippen molar-refractivity contribution in [2.75, 3.05) is 13.1 Å². The van der Waals surface area contributed by atoms with E-state index < -0.39 is 11.7 Å². The summed E-state index contributed by atoms with van der Waals surface area (Å²) in [5.41, 5.74) is 1.15. The Labute approximate surface area is 154 Å². The number of hydrogen-bond acceptors (Lipinski definition) is 4. The molecule has 2 aliphatic rings. The maximum Gasteiger partial charge on any atom is 0.115 e. The largest absolute Gasteiger partial charge is 0.508 e. The number of hydrogen-bond donors (Lipinski definition) is 3. The normalized spacial score (nSPS) is 30.9. The highest BCUT2D eigenvalue weighted by molar-refractivity contribution is 5.28. The van der Waals surface area contributed by atoms with Crippen molar-refractivity contribution in [3.8, 4) is 5.75 Å². The molecule has 2 aromatic rings. The molecule has 0 amide bonds. The highest BCUT2D eigenvalue weighted by Gasteiger charge is 2.50. The first-order chi connectivity index (χ1) is 12.5. The van der Waals surface area contributed by atoms with Crippen LogP contribution in [0.15, 0.2) is 54.6 Å². The minimum atomic E-state index is -0.707. The van der Waals surface area contributed by atoms with E-state index in [1.165, 1.54) is 0 Å². The Bertz CT molecular complexity index is 732. The van der Waals surface area contributed by atoms with Gasteiger partial charge in [0, 0.05) is 19.1 Å². The van der Waals surface area contributed by atoms with Crippen LogP contribution in [-0.4, -0.2) is 39.4 Å². The molecule has 1 saturated carbocycles. The van der Waals surface area contributed by atoms with Crippen molar-refractivity contribution in [3.05, 3.63) is 65.7 Å². The summed E-state index contributed by atoms with van der Waals surface area (Å²) < 4.78 is 0. The van der Waals surface area contributed by atoms with Crippen LogP contribution >= 0.6 is 0 Å². The number of fused-ring (bicyclic) bond motifs is 1. The molecule has 1 aliphatic heterocycles. The van der Waals surface area contributed by atoms with Crippen molar-refractivity contribution in [1.29, 1.82) is 0 Å². The monoisotopic (exact) mass is 353 g/mol. The lowest BCUT2D eigenvalue weighted by Crippen LogP contribution is -2.37. The van der Waals surface area contributed by atoms with E-state index in [2.05, 4.69) is 11.8 Å². The minimum Gasteiger partial charge on any atom is -0.508 e. The van der Waals surface area contributed by atoms with Crippen molar-refractivity contribution >= 4 is 0 Å². The molecule has 138 valence electrons. The smallest absolute Gasteiger partial charge is 0.115 e. The standard InChI is InChI=1S/C22H27NO3/c1-15(21(25)16-7-9-20(24)10-8-16)23-13-17-11-22(26,12-18(17)14-23)19-5-3-2-4-6-19/h2-10,15,17-18,21,24-26H,11-14H2,1H3/t15?,17-,18+,21?,22?. The number of aliphatic hydroxyl groups excluding tert-OH is 1. The Balaban J connectivity index is 1.42. The Morgan fingerprint density at radius 2 is 1.54 bits per heavy atom. The van der Waals surface area contributed by atoms with Crippen LogP contribution in [0.1, 0.15) is 37.0 Å². The molecule has 4 rings (SSSR count). The van der Waals surface area contributed by atoms with Gasteiger partial charge >= 0.3 is 0 Å². The van der Waals surface area contributed by atoms with Crippen LogP contribution in [0, 0.1) is 11.8 Å². The molecule has 1 aliphatic carbocycles. The van der Waals surface area contributed by atoms with E-state index in [1.807, 2.05) is 30.3 Å². The molecule has 3 N–H and O–H groups in total. The Hall–Kier alpha value is -1.88. The fourth-order valence-corrected chi connectivity index (χ4v) is 4.85. The lowest BCUT2D eigenvalue weighted by Gasteiger charge is -2.31. The van der Waals surface area contributed by atoms with Crippen LogP contribution in [0.5, 0.6) is 5.75 Å². The van der Waals surface area contributed by atoms with Crippen LogP contribution in [0.2, 0.25) is 0 Å². The molecule has 1 heterocycles.